The maximum absolute atomic E-state index is 12.4. The maximum Gasteiger partial charge on any atom is 0.317 e. The van der Waals surface area contributed by atoms with E-state index in [2.05, 4.69) is 19.2 Å². The van der Waals surface area contributed by atoms with Crippen LogP contribution >= 0.6 is 0 Å². The van der Waals surface area contributed by atoms with Crippen LogP contribution in [0.4, 0.5) is 4.79 Å². The van der Waals surface area contributed by atoms with Gasteiger partial charge in [-0.3, -0.25) is 0 Å². The standard InChI is InChI=1S/C18H26N2O4/c1-13-11-20(6-7-22-13)17(21)19-12-18(2,3)14-4-5-15-16(10-14)24-9-8-23-15/h4-5,10,13H,6-9,11-12H2,1-3H3,(H,19,21). The van der Waals surface area contributed by atoms with Crippen LogP contribution < -0.4 is 14.8 Å². The molecule has 1 N–H and O–H groups in total. The highest BCUT2D eigenvalue weighted by Crippen LogP contribution is 2.34. The lowest BCUT2D eigenvalue weighted by Crippen LogP contribution is -2.50. The summed E-state index contributed by atoms with van der Waals surface area (Å²) in [5, 5.41) is 3.05. The average Bonchev–Trinajstić information content (AvgIpc) is 2.59. The number of nitrogens with zero attached hydrogens (tertiary/aromatic N) is 1. The van der Waals surface area contributed by atoms with Gasteiger partial charge >= 0.3 is 6.03 Å². The minimum Gasteiger partial charge on any atom is -0.486 e. The molecule has 0 aliphatic carbocycles. The first-order valence-electron chi connectivity index (χ1n) is 8.50. The maximum atomic E-state index is 12.4. The van der Waals surface area contributed by atoms with E-state index in [0.717, 1.165) is 17.1 Å². The number of rotatable bonds is 3. The minimum absolute atomic E-state index is 0.0317. The van der Waals surface area contributed by atoms with Gasteiger partial charge in [-0.05, 0) is 24.6 Å². The SMILES string of the molecule is CC1CN(C(=O)NCC(C)(C)c2ccc3c(c2)OCCO3)CCO1. The van der Waals surface area contributed by atoms with Crippen molar-refractivity contribution >= 4 is 6.03 Å². The summed E-state index contributed by atoms with van der Waals surface area (Å²) in [5.74, 6) is 1.56. The second-order valence-corrected chi connectivity index (χ2v) is 7.03. The normalized spacial score (nSPS) is 20.6. The molecule has 6 nitrogen and oxygen atoms in total. The third kappa shape index (κ3) is 3.75. The van der Waals surface area contributed by atoms with Crippen molar-refractivity contribution in [3.05, 3.63) is 23.8 Å². The molecule has 1 fully saturated rings. The van der Waals surface area contributed by atoms with Crippen molar-refractivity contribution in [3.63, 3.8) is 0 Å². The van der Waals surface area contributed by atoms with Crippen LogP contribution in [0.15, 0.2) is 18.2 Å². The molecule has 0 radical (unpaired) electrons. The number of fused-ring (bicyclic) bond motifs is 1. The van der Waals surface area contributed by atoms with E-state index in [4.69, 9.17) is 14.2 Å². The molecule has 2 aliphatic heterocycles. The van der Waals surface area contributed by atoms with E-state index < -0.39 is 0 Å². The second kappa shape index (κ2) is 6.89. The Kier molecular flexibility index (Phi) is 4.85. The van der Waals surface area contributed by atoms with Crippen molar-refractivity contribution in [1.82, 2.24) is 10.2 Å². The Labute approximate surface area is 143 Å². The summed E-state index contributed by atoms with van der Waals surface area (Å²) in [5.41, 5.74) is 0.908. The molecule has 1 aromatic carbocycles. The summed E-state index contributed by atoms with van der Waals surface area (Å²) in [4.78, 5) is 14.2. The van der Waals surface area contributed by atoms with Crippen molar-refractivity contribution < 1.29 is 19.0 Å². The fourth-order valence-electron chi connectivity index (χ4n) is 2.98. The molecular weight excluding hydrogens is 308 g/mol. The van der Waals surface area contributed by atoms with Crippen LogP contribution in [0.3, 0.4) is 0 Å². The number of hydrogen-bond donors (Lipinski definition) is 1. The molecule has 2 aliphatic rings. The van der Waals surface area contributed by atoms with Gasteiger partial charge in [0.05, 0.1) is 12.7 Å². The predicted molar refractivity (Wildman–Crippen MR) is 90.8 cm³/mol. The summed E-state index contributed by atoms with van der Waals surface area (Å²) in [7, 11) is 0. The van der Waals surface area contributed by atoms with Crippen LogP contribution in [0.25, 0.3) is 0 Å². The molecule has 0 bridgehead atoms. The number of morpholine rings is 1. The van der Waals surface area contributed by atoms with Crippen molar-refractivity contribution in [2.75, 3.05) is 39.5 Å². The molecule has 0 aromatic heterocycles. The highest BCUT2D eigenvalue weighted by molar-refractivity contribution is 5.74. The molecule has 3 rings (SSSR count). The molecule has 24 heavy (non-hydrogen) atoms. The van der Waals surface area contributed by atoms with Gasteiger partial charge in [-0.2, -0.15) is 0 Å². The Morgan fingerprint density at radius 3 is 2.75 bits per heavy atom. The monoisotopic (exact) mass is 334 g/mol. The highest BCUT2D eigenvalue weighted by atomic mass is 16.6. The van der Waals surface area contributed by atoms with Gasteiger partial charge in [0, 0.05) is 25.0 Å². The zero-order valence-corrected chi connectivity index (χ0v) is 14.6. The predicted octanol–water partition coefficient (Wildman–Crippen LogP) is 2.17. The van der Waals surface area contributed by atoms with E-state index >= 15 is 0 Å². The van der Waals surface area contributed by atoms with Crippen LogP contribution in [0.5, 0.6) is 11.5 Å². The Balaban J connectivity index is 1.62. The minimum atomic E-state index is -0.205. The number of benzene rings is 1. The molecule has 1 aromatic rings. The number of nitrogens with one attached hydrogen (secondary N) is 1. The zero-order valence-electron chi connectivity index (χ0n) is 14.6. The first-order valence-corrected chi connectivity index (χ1v) is 8.50. The summed E-state index contributed by atoms with van der Waals surface area (Å²) < 4.78 is 16.7. The third-order valence-corrected chi connectivity index (χ3v) is 4.53. The first-order chi connectivity index (χ1) is 11.5. The molecule has 0 saturated carbocycles. The first kappa shape index (κ1) is 16.9. The molecule has 1 unspecified atom stereocenters. The Bertz CT molecular complexity index is 603. The second-order valence-electron chi connectivity index (χ2n) is 7.03. The van der Waals surface area contributed by atoms with Gasteiger partial charge in [0.2, 0.25) is 0 Å². The molecule has 1 atom stereocenters. The van der Waals surface area contributed by atoms with Crippen molar-refractivity contribution in [2.24, 2.45) is 0 Å². The summed E-state index contributed by atoms with van der Waals surface area (Å²) in [6, 6.07) is 5.96. The smallest absolute Gasteiger partial charge is 0.317 e. The van der Waals surface area contributed by atoms with Gasteiger partial charge < -0.3 is 24.4 Å². The lowest BCUT2D eigenvalue weighted by molar-refractivity contribution is -0.00359. The van der Waals surface area contributed by atoms with E-state index in [1.54, 1.807) is 0 Å². The molecular formula is C18H26N2O4. The van der Waals surface area contributed by atoms with Crippen LogP contribution in [0.2, 0.25) is 0 Å². The van der Waals surface area contributed by atoms with Crippen molar-refractivity contribution in [2.45, 2.75) is 32.3 Å². The van der Waals surface area contributed by atoms with Crippen molar-refractivity contribution in [3.8, 4) is 11.5 Å². The van der Waals surface area contributed by atoms with Crippen LogP contribution in [-0.2, 0) is 10.2 Å². The van der Waals surface area contributed by atoms with Crippen molar-refractivity contribution in [1.29, 1.82) is 0 Å². The fourth-order valence-corrected chi connectivity index (χ4v) is 2.98. The van der Waals surface area contributed by atoms with E-state index in [0.29, 0.717) is 39.5 Å². The molecule has 6 heteroatoms. The summed E-state index contributed by atoms with van der Waals surface area (Å²) >= 11 is 0. The Morgan fingerprint density at radius 2 is 2.00 bits per heavy atom. The summed E-state index contributed by atoms with van der Waals surface area (Å²) in [6.45, 7) is 9.79. The van der Waals surface area contributed by atoms with Crippen LogP contribution in [-0.4, -0.2) is 56.5 Å². The topological polar surface area (TPSA) is 60.0 Å². The zero-order chi connectivity index (χ0) is 17.2. The Hall–Kier alpha value is -1.95. The molecule has 0 spiro atoms. The number of carbonyl (C=O) groups is 1. The molecule has 132 valence electrons. The lowest BCUT2D eigenvalue weighted by Gasteiger charge is -2.33. The van der Waals surface area contributed by atoms with Gasteiger partial charge in [0.15, 0.2) is 11.5 Å². The van der Waals surface area contributed by atoms with Crippen LogP contribution in [0.1, 0.15) is 26.3 Å². The third-order valence-electron chi connectivity index (χ3n) is 4.53. The van der Waals surface area contributed by atoms with Gasteiger partial charge in [-0.15, -0.1) is 0 Å². The molecule has 2 amide bonds. The van der Waals surface area contributed by atoms with E-state index in [1.807, 2.05) is 30.0 Å². The number of hydrogen-bond acceptors (Lipinski definition) is 4. The fraction of sp³-hybridized carbons (Fsp3) is 0.611. The van der Waals surface area contributed by atoms with Crippen LogP contribution in [0, 0.1) is 0 Å². The van der Waals surface area contributed by atoms with Gasteiger partial charge in [0.1, 0.15) is 13.2 Å². The van der Waals surface area contributed by atoms with E-state index in [-0.39, 0.29) is 17.6 Å². The van der Waals surface area contributed by atoms with Gasteiger partial charge in [0.25, 0.3) is 0 Å². The largest absolute Gasteiger partial charge is 0.486 e. The number of ether oxygens (including phenoxy) is 3. The van der Waals surface area contributed by atoms with E-state index in [9.17, 15) is 4.79 Å². The summed E-state index contributed by atoms with van der Waals surface area (Å²) in [6.07, 6.45) is 0.0929. The van der Waals surface area contributed by atoms with Gasteiger partial charge in [-0.25, -0.2) is 4.79 Å². The number of urea groups is 1. The number of amides is 2. The molecule has 1 saturated heterocycles. The van der Waals surface area contributed by atoms with E-state index in [1.165, 1.54) is 0 Å². The average molecular weight is 334 g/mol. The van der Waals surface area contributed by atoms with Gasteiger partial charge in [-0.1, -0.05) is 19.9 Å². The lowest BCUT2D eigenvalue weighted by atomic mass is 9.84. The molecule has 2 heterocycles. The number of carbonyl (C=O) groups excluding carboxylic acids is 1. The highest BCUT2D eigenvalue weighted by Gasteiger charge is 2.26. The quantitative estimate of drug-likeness (QED) is 0.920. The Morgan fingerprint density at radius 1 is 1.25 bits per heavy atom.